The predicted octanol–water partition coefficient (Wildman–Crippen LogP) is 1.87. The number of likely N-dealkylation sites (N-methyl/N-ethyl adjacent to an activating group) is 1. The van der Waals surface area contributed by atoms with Crippen LogP contribution in [-0.4, -0.2) is 13.6 Å². The number of fused-ring (bicyclic) bond motifs is 1. The first-order valence-corrected chi connectivity index (χ1v) is 5.09. The Bertz CT molecular complexity index is 355. The molecule has 0 atom stereocenters. The van der Waals surface area contributed by atoms with Gasteiger partial charge in [0.05, 0.1) is 0 Å². The molecule has 0 spiro atoms. The summed E-state index contributed by atoms with van der Waals surface area (Å²) in [7, 11) is 2.15. The van der Waals surface area contributed by atoms with Crippen LogP contribution in [-0.2, 0) is 12.0 Å². The van der Waals surface area contributed by atoms with Crippen molar-refractivity contribution in [1.29, 1.82) is 0 Å². The molecule has 2 N–H and O–H groups in total. The fourth-order valence-electron chi connectivity index (χ4n) is 2.35. The third-order valence-corrected chi connectivity index (χ3v) is 3.07. The summed E-state index contributed by atoms with van der Waals surface area (Å²) in [5.41, 5.74) is 9.93. The van der Waals surface area contributed by atoms with E-state index in [0.717, 1.165) is 6.54 Å². The van der Waals surface area contributed by atoms with Crippen molar-refractivity contribution in [1.82, 2.24) is 0 Å². The van der Waals surface area contributed by atoms with E-state index in [9.17, 15) is 0 Å². The van der Waals surface area contributed by atoms with Gasteiger partial charge in [-0.1, -0.05) is 26.0 Å². The van der Waals surface area contributed by atoms with E-state index in [1.165, 1.54) is 16.8 Å². The van der Waals surface area contributed by atoms with Crippen LogP contribution in [0.1, 0.15) is 25.0 Å². The Morgan fingerprint density at radius 1 is 1.43 bits per heavy atom. The van der Waals surface area contributed by atoms with Crippen LogP contribution in [0.25, 0.3) is 0 Å². The maximum atomic E-state index is 5.65. The summed E-state index contributed by atoms with van der Waals surface area (Å²) in [5, 5.41) is 0. The van der Waals surface area contributed by atoms with Crippen LogP contribution in [0.5, 0.6) is 0 Å². The number of benzene rings is 1. The Kier molecular flexibility index (Phi) is 2.04. The Balaban J connectivity index is 2.53. The van der Waals surface area contributed by atoms with Crippen molar-refractivity contribution in [2.45, 2.75) is 25.8 Å². The first-order valence-electron chi connectivity index (χ1n) is 5.09. The van der Waals surface area contributed by atoms with Gasteiger partial charge >= 0.3 is 0 Å². The molecule has 0 saturated heterocycles. The van der Waals surface area contributed by atoms with E-state index in [0.29, 0.717) is 6.54 Å². The van der Waals surface area contributed by atoms with E-state index in [1.807, 2.05) is 0 Å². The smallest absolute Gasteiger partial charge is 0.0402 e. The highest BCUT2D eigenvalue weighted by Crippen LogP contribution is 2.39. The summed E-state index contributed by atoms with van der Waals surface area (Å²) >= 11 is 0. The summed E-state index contributed by atoms with van der Waals surface area (Å²) in [6.45, 7) is 6.30. The van der Waals surface area contributed by atoms with Crippen LogP contribution >= 0.6 is 0 Å². The molecule has 2 nitrogen and oxygen atoms in total. The van der Waals surface area contributed by atoms with Gasteiger partial charge in [-0.2, -0.15) is 0 Å². The third-order valence-electron chi connectivity index (χ3n) is 3.07. The molecule has 1 heterocycles. The van der Waals surface area contributed by atoms with Crippen molar-refractivity contribution >= 4 is 5.69 Å². The Hall–Kier alpha value is -1.02. The van der Waals surface area contributed by atoms with Crippen LogP contribution < -0.4 is 10.6 Å². The fourth-order valence-corrected chi connectivity index (χ4v) is 2.35. The minimum absolute atomic E-state index is 0.259. The van der Waals surface area contributed by atoms with E-state index < -0.39 is 0 Å². The zero-order valence-electron chi connectivity index (χ0n) is 9.17. The normalized spacial score (nSPS) is 18.4. The minimum atomic E-state index is 0.259. The highest BCUT2D eigenvalue weighted by Gasteiger charge is 2.32. The van der Waals surface area contributed by atoms with Crippen molar-refractivity contribution in [3.63, 3.8) is 0 Å². The average molecular weight is 190 g/mol. The molecule has 1 aliphatic rings. The van der Waals surface area contributed by atoms with Gasteiger partial charge < -0.3 is 10.6 Å². The van der Waals surface area contributed by atoms with E-state index in [1.54, 1.807) is 0 Å². The van der Waals surface area contributed by atoms with Gasteiger partial charge in [0.2, 0.25) is 0 Å². The van der Waals surface area contributed by atoms with Crippen LogP contribution in [0.15, 0.2) is 18.2 Å². The van der Waals surface area contributed by atoms with Gasteiger partial charge in [-0.15, -0.1) is 0 Å². The second-order valence-electron chi connectivity index (χ2n) is 4.80. The molecule has 0 radical (unpaired) electrons. The third kappa shape index (κ3) is 1.30. The lowest BCUT2D eigenvalue weighted by Gasteiger charge is -2.18. The van der Waals surface area contributed by atoms with Crippen molar-refractivity contribution in [2.24, 2.45) is 5.73 Å². The molecule has 2 rings (SSSR count). The largest absolute Gasteiger partial charge is 0.373 e. The first-order chi connectivity index (χ1) is 6.54. The zero-order chi connectivity index (χ0) is 10.3. The van der Waals surface area contributed by atoms with Gasteiger partial charge in [0.1, 0.15) is 0 Å². The van der Waals surface area contributed by atoms with Gasteiger partial charge in [0.15, 0.2) is 0 Å². The van der Waals surface area contributed by atoms with E-state index in [4.69, 9.17) is 5.73 Å². The SMILES string of the molecule is CN1CC(C)(C)c2cc(CN)ccc21. The molecule has 0 saturated carbocycles. The van der Waals surface area contributed by atoms with Gasteiger partial charge in [-0.3, -0.25) is 0 Å². The van der Waals surface area contributed by atoms with Crippen molar-refractivity contribution in [2.75, 3.05) is 18.5 Å². The van der Waals surface area contributed by atoms with Crippen molar-refractivity contribution in [3.05, 3.63) is 29.3 Å². The Labute approximate surface area is 85.7 Å². The molecule has 0 fully saturated rings. The number of hydrogen-bond donors (Lipinski definition) is 1. The minimum Gasteiger partial charge on any atom is -0.373 e. The average Bonchev–Trinajstić information content (AvgIpc) is 2.37. The maximum absolute atomic E-state index is 5.65. The fraction of sp³-hybridized carbons (Fsp3) is 0.500. The summed E-state index contributed by atoms with van der Waals surface area (Å²) < 4.78 is 0. The molecule has 0 amide bonds. The lowest BCUT2D eigenvalue weighted by Crippen LogP contribution is -2.25. The second-order valence-corrected chi connectivity index (χ2v) is 4.80. The van der Waals surface area contributed by atoms with E-state index in [-0.39, 0.29) is 5.41 Å². The number of hydrogen-bond acceptors (Lipinski definition) is 2. The molecule has 0 aliphatic carbocycles. The molecule has 1 aromatic rings. The summed E-state index contributed by atoms with van der Waals surface area (Å²) in [5.74, 6) is 0. The molecule has 1 aliphatic heterocycles. The lowest BCUT2D eigenvalue weighted by atomic mass is 9.86. The quantitative estimate of drug-likeness (QED) is 0.732. The molecule has 14 heavy (non-hydrogen) atoms. The molecular weight excluding hydrogens is 172 g/mol. The van der Waals surface area contributed by atoms with Crippen LogP contribution in [0.4, 0.5) is 5.69 Å². The van der Waals surface area contributed by atoms with Crippen molar-refractivity contribution in [3.8, 4) is 0 Å². The maximum Gasteiger partial charge on any atom is 0.0402 e. The van der Waals surface area contributed by atoms with E-state index >= 15 is 0 Å². The monoisotopic (exact) mass is 190 g/mol. The Morgan fingerprint density at radius 3 is 2.79 bits per heavy atom. The Morgan fingerprint density at radius 2 is 2.14 bits per heavy atom. The number of anilines is 1. The van der Waals surface area contributed by atoms with Crippen LogP contribution in [0.3, 0.4) is 0 Å². The molecule has 0 aromatic heterocycles. The molecule has 76 valence electrons. The summed E-state index contributed by atoms with van der Waals surface area (Å²) in [6, 6.07) is 6.56. The predicted molar refractivity (Wildman–Crippen MR) is 60.6 cm³/mol. The molecular formula is C12H18N2. The highest BCUT2D eigenvalue weighted by molar-refractivity contribution is 5.62. The van der Waals surface area contributed by atoms with E-state index in [2.05, 4.69) is 44.0 Å². The summed E-state index contributed by atoms with van der Waals surface area (Å²) in [4.78, 5) is 2.32. The molecule has 2 heteroatoms. The molecule has 0 unspecified atom stereocenters. The van der Waals surface area contributed by atoms with Gasteiger partial charge in [-0.05, 0) is 17.2 Å². The van der Waals surface area contributed by atoms with Gasteiger partial charge in [-0.25, -0.2) is 0 Å². The van der Waals surface area contributed by atoms with Crippen molar-refractivity contribution < 1.29 is 0 Å². The van der Waals surface area contributed by atoms with Gasteiger partial charge in [0.25, 0.3) is 0 Å². The second kappa shape index (κ2) is 2.99. The summed E-state index contributed by atoms with van der Waals surface area (Å²) in [6.07, 6.45) is 0. The van der Waals surface area contributed by atoms with Gasteiger partial charge in [0, 0.05) is 31.2 Å². The van der Waals surface area contributed by atoms with Crippen LogP contribution in [0, 0.1) is 0 Å². The number of nitrogens with two attached hydrogens (primary N) is 1. The lowest BCUT2D eigenvalue weighted by molar-refractivity contribution is 0.562. The molecule has 0 bridgehead atoms. The molecule has 1 aromatic carbocycles. The zero-order valence-corrected chi connectivity index (χ0v) is 9.17. The van der Waals surface area contributed by atoms with Crippen LogP contribution in [0.2, 0.25) is 0 Å². The highest BCUT2D eigenvalue weighted by atomic mass is 15.1. The first kappa shape index (κ1) is 9.53. The topological polar surface area (TPSA) is 29.3 Å². The number of nitrogens with zero attached hydrogens (tertiary/aromatic N) is 1. The standard InChI is InChI=1S/C12H18N2/c1-12(2)8-14(3)11-5-4-9(7-13)6-10(11)12/h4-6H,7-8,13H2,1-3H3. The number of rotatable bonds is 1.